The average molecular weight is 289 g/mol. The van der Waals surface area contributed by atoms with Crippen molar-refractivity contribution in [2.45, 2.75) is 26.2 Å². The van der Waals surface area contributed by atoms with E-state index in [9.17, 15) is 4.79 Å². The fourth-order valence-corrected chi connectivity index (χ4v) is 2.20. The second-order valence-electron chi connectivity index (χ2n) is 4.69. The van der Waals surface area contributed by atoms with Gasteiger partial charge in [-0.3, -0.25) is 4.79 Å². The van der Waals surface area contributed by atoms with Crippen LogP contribution < -0.4 is 0 Å². The molecule has 0 N–H and O–H groups in total. The standard InChI is InChI=1S/C12H15N7O2/c1-4-5-8-13-12-15-14-10-7(6-9(20)21-3)16-18(2)11(10)19(12)17-8/h4-6H2,1-3H3. The Morgan fingerprint density at radius 3 is 2.81 bits per heavy atom. The van der Waals surface area contributed by atoms with Crippen LogP contribution in [0.2, 0.25) is 0 Å². The molecule has 0 aliphatic carbocycles. The predicted molar refractivity (Wildman–Crippen MR) is 72.6 cm³/mol. The van der Waals surface area contributed by atoms with Crippen LogP contribution in [0.4, 0.5) is 0 Å². The summed E-state index contributed by atoms with van der Waals surface area (Å²) >= 11 is 0. The van der Waals surface area contributed by atoms with E-state index < -0.39 is 0 Å². The number of hydrogen-bond acceptors (Lipinski definition) is 7. The Balaban J connectivity index is 2.18. The molecule has 0 radical (unpaired) electrons. The van der Waals surface area contributed by atoms with Crippen LogP contribution in [-0.2, 0) is 29.4 Å². The van der Waals surface area contributed by atoms with Gasteiger partial charge < -0.3 is 4.74 Å². The zero-order chi connectivity index (χ0) is 15.0. The summed E-state index contributed by atoms with van der Waals surface area (Å²) in [5.41, 5.74) is 1.71. The van der Waals surface area contributed by atoms with Crippen LogP contribution in [0.15, 0.2) is 0 Å². The van der Waals surface area contributed by atoms with E-state index in [1.165, 1.54) is 7.11 Å². The molecule has 0 spiro atoms. The number of ether oxygens (including phenoxy) is 1. The number of methoxy groups -OCH3 is 1. The van der Waals surface area contributed by atoms with E-state index in [0.29, 0.717) is 22.6 Å². The van der Waals surface area contributed by atoms with Crippen molar-refractivity contribution in [1.29, 1.82) is 0 Å². The lowest BCUT2D eigenvalue weighted by Gasteiger charge is -1.96. The molecule has 9 heteroatoms. The summed E-state index contributed by atoms with van der Waals surface area (Å²) in [6, 6.07) is 0. The van der Waals surface area contributed by atoms with Gasteiger partial charge in [0.15, 0.2) is 17.0 Å². The van der Waals surface area contributed by atoms with Crippen LogP contribution in [0.1, 0.15) is 24.9 Å². The molecule has 0 saturated heterocycles. The molecule has 0 amide bonds. The van der Waals surface area contributed by atoms with Crippen molar-refractivity contribution in [2.24, 2.45) is 7.05 Å². The van der Waals surface area contributed by atoms with Gasteiger partial charge in [-0.2, -0.15) is 14.6 Å². The third kappa shape index (κ3) is 2.20. The van der Waals surface area contributed by atoms with Gasteiger partial charge in [0.25, 0.3) is 5.78 Å². The van der Waals surface area contributed by atoms with Gasteiger partial charge in [-0.25, -0.2) is 4.68 Å². The number of aryl methyl sites for hydroxylation is 2. The zero-order valence-corrected chi connectivity index (χ0v) is 12.1. The van der Waals surface area contributed by atoms with Crippen LogP contribution >= 0.6 is 0 Å². The number of rotatable bonds is 4. The molecule has 21 heavy (non-hydrogen) atoms. The minimum absolute atomic E-state index is 0.0462. The molecule has 0 fully saturated rings. The molecule has 3 heterocycles. The molecule has 3 aromatic rings. The van der Waals surface area contributed by atoms with Crippen molar-refractivity contribution in [3.05, 3.63) is 11.5 Å². The number of aromatic nitrogens is 7. The number of nitrogens with zero attached hydrogens (tertiary/aromatic N) is 7. The Bertz CT molecular complexity index is 820. The Hall–Kier alpha value is -2.58. The second kappa shape index (κ2) is 5.08. The molecular formula is C12H15N7O2. The normalized spacial score (nSPS) is 11.4. The molecule has 110 valence electrons. The minimum Gasteiger partial charge on any atom is -0.469 e. The van der Waals surface area contributed by atoms with E-state index in [1.807, 2.05) is 0 Å². The highest BCUT2D eigenvalue weighted by Crippen LogP contribution is 2.16. The molecule has 3 rings (SSSR count). The van der Waals surface area contributed by atoms with Crippen LogP contribution in [0.3, 0.4) is 0 Å². The fraction of sp³-hybridized carbons (Fsp3) is 0.500. The van der Waals surface area contributed by atoms with Crippen molar-refractivity contribution in [1.82, 2.24) is 34.6 Å². The smallest absolute Gasteiger partial charge is 0.311 e. The summed E-state index contributed by atoms with van der Waals surface area (Å²) in [6.45, 7) is 2.06. The van der Waals surface area contributed by atoms with Crippen molar-refractivity contribution in [3.63, 3.8) is 0 Å². The van der Waals surface area contributed by atoms with Crippen molar-refractivity contribution in [3.8, 4) is 0 Å². The van der Waals surface area contributed by atoms with Gasteiger partial charge in [-0.1, -0.05) is 6.92 Å². The number of hydrogen-bond donors (Lipinski definition) is 0. The van der Waals surface area contributed by atoms with E-state index in [4.69, 9.17) is 0 Å². The topological polar surface area (TPSA) is 100 Å². The van der Waals surface area contributed by atoms with Gasteiger partial charge >= 0.3 is 5.97 Å². The van der Waals surface area contributed by atoms with Crippen molar-refractivity contribution < 1.29 is 9.53 Å². The van der Waals surface area contributed by atoms with Gasteiger partial charge in [-0.15, -0.1) is 15.3 Å². The van der Waals surface area contributed by atoms with Crippen LogP contribution in [0.25, 0.3) is 16.9 Å². The molecule has 0 saturated carbocycles. The monoisotopic (exact) mass is 289 g/mol. The maximum Gasteiger partial charge on any atom is 0.311 e. The Kier molecular flexibility index (Phi) is 3.24. The molecule has 3 aromatic heterocycles. The molecule has 9 nitrogen and oxygen atoms in total. The van der Waals surface area contributed by atoms with Gasteiger partial charge in [0.2, 0.25) is 0 Å². The second-order valence-corrected chi connectivity index (χ2v) is 4.69. The van der Waals surface area contributed by atoms with Gasteiger partial charge in [-0.05, 0) is 6.42 Å². The van der Waals surface area contributed by atoms with Crippen molar-refractivity contribution >= 4 is 22.9 Å². The highest BCUT2D eigenvalue weighted by molar-refractivity contribution is 5.81. The van der Waals surface area contributed by atoms with Crippen LogP contribution in [0.5, 0.6) is 0 Å². The van der Waals surface area contributed by atoms with Crippen LogP contribution in [0, 0.1) is 0 Å². The lowest BCUT2D eigenvalue weighted by molar-refractivity contribution is -0.139. The van der Waals surface area contributed by atoms with E-state index in [-0.39, 0.29) is 12.4 Å². The Labute approximate surface area is 119 Å². The number of carbonyl (C=O) groups excluding carboxylic acids is 1. The summed E-state index contributed by atoms with van der Waals surface area (Å²) < 4.78 is 7.90. The quantitative estimate of drug-likeness (QED) is 0.627. The first-order chi connectivity index (χ1) is 10.1. The third-order valence-corrected chi connectivity index (χ3v) is 3.15. The zero-order valence-electron chi connectivity index (χ0n) is 12.1. The maximum atomic E-state index is 11.4. The average Bonchev–Trinajstić information content (AvgIpc) is 3.00. The van der Waals surface area contributed by atoms with E-state index in [0.717, 1.165) is 18.7 Å². The van der Waals surface area contributed by atoms with E-state index >= 15 is 0 Å². The highest BCUT2D eigenvalue weighted by Gasteiger charge is 2.19. The highest BCUT2D eigenvalue weighted by atomic mass is 16.5. The lowest BCUT2D eigenvalue weighted by atomic mass is 10.3. The molecule has 0 aliphatic heterocycles. The predicted octanol–water partition coefficient (Wildman–Crippen LogP) is 0.0740. The third-order valence-electron chi connectivity index (χ3n) is 3.15. The van der Waals surface area contributed by atoms with Gasteiger partial charge in [0.1, 0.15) is 5.69 Å². The molecule has 0 aromatic carbocycles. The summed E-state index contributed by atoms with van der Waals surface area (Å²) in [6.07, 6.45) is 1.77. The summed E-state index contributed by atoms with van der Waals surface area (Å²) in [4.78, 5) is 15.8. The first-order valence-electron chi connectivity index (χ1n) is 6.64. The van der Waals surface area contributed by atoms with E-state index in [1.54, 1.807) is 16.2 Å². The lowest BCUT2D eigenvalue weighted by Crippen LogP contribution is -2.06. The van der Waals surface area contributed by atoms with Crippen molar-refractivity contribution in [2.75, 3.05) is 7.11 Å². The van der Waals surface area contributed by atoms with Crippen LogP contribution in [-0.4, -0.2) is 47.7 Å². The molecule has 0 bridgehead atoms. The molecule has 0 unspecified atom stereocenters. The number of carbonyl (C=O) groups is 1. The van der Waals surface area contributed by atoms with Gasteiger partial charge in [0.05, 0.1) is 13.5 Å². The molecule has 0 atom stereocenters. The summed E-state index contributed by atoms with van der Waals surface area (Å²) in [5, 5.41) is 16.9. The largest absolute Gasteiger partial charge is 0.469 e. The first-order valence-corrected chi connectivity index (χ1v) is 6.64. The first kappa shape index (κ1) is 13.4. The maximum absolute atomic E-state index is 11.4. The SMILES string of the molecule is CCCc1nc2nnc3c(CC(=O)OC)nn(C)c3n2n1. The van der Waals surface area contributed by atoms with E-state index in [2.05, 4.69) is 37.0 Å². The van der Waals surface area contributed by atoms with Gasteiger partial charge in [0, 0.05) is 13.5 Å². The number of esters is 1. The minimum atomic E-state index is -0.373. The number of fused-ring (bicyclic) bond motifs is 3. The Morgan fingerprint density at radius 2 is 2.10 bits per heavy atom. The molecular weight excluding hydrogens is 274 g/mol. The summed E-state index contributed by atoms with van der Waals surface area (Å²) in [7, 11) is 3.11. The Morgan fingerprint density at radius 1 is 1.29 bits per heavy atom. The fourth-order valence-electron chi connectivity index (χ4n) is 2.20. The molecule has 0 aliphatic rings. The summed E-state index contributed by atoms with van der Waals surface area (Å²) in [5.74, 6) is 0.774.